The van der Waals surface area contributed by atoms with Crippen molar-refractivity contribution in [2.45, 2.75) is 66.7 Å². The highest BCUT2D eigenvalue weighted by atomic mass is 16.5. The first-order valence-corrected chi connectivity index (χ1v) is 17.5. The van der Waals surface area contributed by atoms with Crippen molar-refractivity contribution in [3.63, 3.8) is 0 Å². The van der Waals surface area contributed by atoms with Gasteiger partial charge in [0.1, 0.15) is 29.3 Å². The second kappa shape index (κ2) is 15.6. The minimum Gasteiger partial charge on any atom is -0.489 e. The summed E-state index contributed by atoms with van der Waals surface area (Å²) >= 11 is 0. The summed E-state index contributed by atoms with van der Waals surface area (Å²) in [5, 5.41) is 24.1. The molecule has 0 bridgehead atoms. The molecule has 18 heteroatoms. The number of imidazole rings is 2. The van der Waals surface area contributed by atoms with E-state index in [1.54, 1.807) is 51.2 Å². The van der Waals surface area contributed by atoms with Gasteiger partial charge < -0.3 is 30.4 Å². The van der Waals surface area contributed by atoms with Gasteiger partial charge in [0.15, 0.2) is 0 Å². The largest absolute Gasteiger partial charge is 0.489 e. The normalized spacial score (nSPS) is 11.4. The van der Waals surface area contributed by atoms with Crippen LogP contribution < -0.4 is 26.8 Å². The van der Waals surface area contributed by atoms with Crippen molar-refractivity contribution in [2.75, 3.05) is 23.8 Å². The second-order valence-electron chi connectivity index (χ2n) is 12.6. The molecule has 4 heterocycles. The summed E-state index contributed by atoms with van der Waals surface area (Å²) in [5.74, 6) is -1.37. The monoisotopic (exact) mass is 738 g/mol. The Morgan fingerprint density at radius 3 is 1.83 bits per heavy atom. The number of aliphatic hydroxyl groups is 1. The predicted molar refractivity (Wildman–Crippen MR) is 199 cm³/mol. The number of fused-ring (bicyclic) bond motifs is 2. The van der Waals surface area contributed by atoms with Crippen molar-refractivity contribution in [1.82, 2.24) is 38.7 Å². The van der Waals surface area contributed by atoms with Crippen LogP contribution in [0.2, 0.25) is 0 Å². The summed E-state index contributed by atoms with van der Waals surface area (Å²) in [6.45, 7) is 8.75. The Morgan fingerprint density at radius 2 is 1.28 bits per heavy atom. The van der Waals surface area contributed by atoms with Gasteiger partial charge in [-0.3, -0.25) is 39.2 Å². The Morgan fingerprint density at radius 1 is 0.741 bits per heavy atom. The molecule has 0 saturated carbocycles. The molecule has 4 amide bonds. The Balaban J connectivity index is 1.32. The third-order valence-electron chi connectivity index (χ3n) is 8.81. The fourth-order valence-corrected chi connectivity index (χ4v) is 6.37. The maximum absolute atomic E-state index is 13.6. The number of aryl methyl sites for hydroxylation is 6. The molecule has 4 aromatic heterocycles. The van der Waals surface area contributed by atoms with Gasteiger partial charge in [0.25, 0.3) is 11.8 Å². The van der Waals surface area contributed by atoms with Gasteiger partial charge in [-0.05, 0) is 83.0 Å². The molecule has 0 aliphatic heterocycles. The number of hydrogen-bond donors (Lipinski definition) is 5. The number of carbonyl (C=O) groups excluding carboxylic acids is 4. The van der Waals surface area contributed by atoms with E-state index in [0.717, 1.165) is 0 Å². The fourth-order valence-electron chi connectivity index (χ4n) is 6.37. The average Bonchev–Trinajstić information content (AvgIpc) is 3.90. The van der Waals surface area contributed by atoms with Gasteiger partial charge in [0.05, 0.1) is 34.5 Å². The van der Waals surface area contributed by atoms with Crippen LogP contribution in [0.1, 0.15) is 79.8 Å². The molecule has 6 aromatic rings. The van der Waals surface area contributed by atoms with E-state index in [9.17, 15) is 24.3 Å². The minimum atomic E-state index is -0.694. The standard InChI is InChI=1S/C36H42N12O6/c1-5-47-27(15-20(3)43-47)33(52)41-35-39-24-17-22(31(37)50)9-10-26(24)45(35)11-7-8-12-46-30-25(18-23(32(38)51)19-29(30)54-14-13-49)40-36(46)42-34(53)28-16-21(4)44-48(28)6-2/h9-10,15-19,49H,5-8,11-14H2,1-4H3,(H2,37,50)(H2,38,51)(H,39,41,52)(H,40,42,53). The number of amides is 4. The molecule has 0 aliphatic rings. The van der Waals surface area contributed by atoms with E-state index < -0.39 is 17.7 Å². The quantitative estimate of drug-likeness (QED) is 0.0909. The highest BCUT2D eigenvalue weighted by Crippen LogP contribution is 2.32. The highest BCUT2D eigenvalue weighted by molar-refractivity contribution is 6.05. The fraction of sp³-hybridized carbons (Fsp3) is 0.333. The smallest absolute Gasteiger partial charge is 0.276 e. The van der Waals surface area contributed by atoms with Crippen LogP contribution in [-0.4, -0.2) is 80.6 Å². The van der Waals surface area contributed by atoms with Crippen LogP contribution in [0.15, 0.2) is 42.5 Å². The SMILES string of the molecule is CCn1nc(C)cc1C(=O)Nc1nc2cc(C(N)=O)ccc2n1CCCCn1c(NC(=O)c2cc(C)nn2CC)nc2cc(C(N)=O)cc(OCCO)c21. The minimum absolute atomic E-state index is 0.0581. The molecule has 282 valence electrons. The Labute approximate surface area is 309 Å². The van der Waals surface area contributed by atoms with Gasteiger partial charge in [0.2, 0.25) is 23.7 Å². The van der Waals surface area contributed by atoms with Crippen LogP contribution in [0.4, 0.5) is 11.9 Å². The Kier molecular flexibility index (Phi) is 10.7. The van der Waals surface area contributed by atoms with E-state index in [0.29, 0.717) is 83.9 Å². The van der Waals surface area contributed by atoms with Crippen LogP contribution in [0.5, 0.6) is 5.75 Å². The molecule has 18 nitrogen and oxygen atoms in total. The zero-order chi connectivity index (χ0) is 38.7. The number of benzene rings is 2. The lowest BCUT2D eigenvalue weighted by Gasteiger charge is -2.14. The van der Waals surface area contributed by atoms with Gasteiger partial charge in [-0.2, -0.15) is 10.2 Å². The summed E-state index contributed by atoms with van der Waals surface area (Å²) < 4.78 is 12.7. The van der Waals surface area contributed by atoms with Crippen LogP contribution in [0.3, 0.4) is 0 Å². The maximum Gasteiger partial charge on any atom is 0.276 e. The molecule has 0 unspecified atom stereocenters. The molecule has 2 aromatic carbocycles. The molecule has 7 N–H and O–H groups in total. The van der Waals surface area contributed by atoms with E-state index in [2.05, 4.69) is 30.8 Å². The topological polar surface area (TPSA) is 245 Å². The molecule has 6 rings (SSSR count). The van der Waals surface area contributed by atoms with E-state index in [1.807, 2.05) is 25.3 Å². The summed E-state index contributed by atoms with van der Waals surface area (Å²) in [4.78, 5) is 60.5. The van der Waals surface area contributed by atoms with Gasteiger partial charge in [-0.1, -0.05) is 0 Å². The zero-order valence-corrected chi connectivity index (χ0v) is 30.4. The lowest BCUT2D eigenvalue weighted by atomic mass is 10.1. The number of nitrogens with two attached hydrogens (primary N) is 2. The van der Waals surface area contributed by atoms with Crippen molar-refractivity contribution in [1.29, 1.82) is 0 Å². The van der Waals surface area contributed by atoms with Crippen LogP contribution in [-0.2, 0) is 26.2 Å². The Bertz CT molecular complexity index is 2400. The number of hydrogen-bond acceptors (Lipinski definition) is 10. The van der Waals surface area contributed by atoms with Crippen LogP contribution in [0, 0.1) is 13.8 Å². The summed E-state index contributed by atoms with van der Waals surface area (Å²) in [5.41, 5.74) is 15.7. The van der Waals surface area contributed by atoms with Crippen LogP contribution in [0.25, 0.3) is 22.1 Å². The molecule has 0 radical (unpaired) electrons. The number of ether oxygens (including phenoxy) is 1. The number of primary amides is 2. The van der Waals surface area contributed by atoms with Gasteiger partial charge >= 0.3 is 0 Å². The maximum atomic E-state index is 13.6. The average molecular weight is 739 g/mol. The van der Waals surface area contributed by atoms with Gasteiger partial charge in [0, 0.05) is 37.3 Å². The van der Waals surface area contributed by atoms with E-state index in [1.165, 1.54) is 12.1 Å². The number of nitrogens with one attached hydrogen (secondary N) is 2. The second-order valence-corrected chi connectivity index (χ2v) is 12.6. The number of anilines is 2. The molecule has 0 spiro atoms. The van der Waals surface area contributed by atoms with Crippen molar-refractivity contribution in [2.24, 2.45) is 11.5 Å². The van der Waals surface area contributed by atoms with Crippen molar-refractivity contribution < 1.29 is 29.0 Å². The Hall–Kier alpha value is -6.56. The number of unbranched alkanes of at least 4 members (excludes halogenated alkanes) is 1. The van der Waals surface area contributed by atoms with E-state index >= 15 is 0 Å². The molecule has 0 saturated heterocycles. The number of nitrogens with zero attached hydrogens (tertiary/aromatic N) is 8. The lowest BCUT2D eigenvalue weighted by molar-refractivity contribution is 0.0991. The van der Waals surface area contributed by atoms with Crippen molar-refractivity contribution >= 4 is 57.6 Å². The molecular weight excluding hydrogens is 696 g/mol. The summed E-state index contributed by atoms with van der Waals surface area (Å²) in [6, 6.07) is 11.3. The molecule has 0 atom stereocenters. The molecule has 0 aliphatic carbocycles. The van der Waals surface area contributed by atoms with Gasteiger partial charge in [-0.25, -0.2) is 9.97 Å². The van der Waals surface area contributed by atoms with Gasteiger partial charge in [-0.15, -0.1) is 0 Å². The predicted octanol–water partition coefficient (Wildman–Crippen LogP) is 2.99. The lowest BCUT2D eigenvalue weighted by Crippen LogP contribution is -2.20. The zero-order valence-electron chi connectivity index (χ0n) is 30.4. The third-order valence-corrected chi connectivity index (χ3v) is 8.81. The van der Waals surface area contributed by atoms with Crippen molar-refractivity contribution in [3.05, 3.63) is 76.4 Å². The van der Waals surface area contributed by atoms with E-state index in [-0.39, 0.29) is 47.9 Å². The number of carbonyl (C=O) groups is 4. The van der Waals surface area contributed by atoms with E-state index in [4.69, 9.17) is 16.2 Å². The first kappa shape index (κ1) is 37.2. The molecular formula is C36H42N12O6. The van der Waals surface area contributed by atoms with Crippen molar-refractivity contribution in [3.8, 4) is 5.75 Å². The molecule has 0 fully saturated rings. The first-order valence-electron chi connectivity index (χ1n) is 17.5. The first-order chi connectivity index (χ1) is 25.9. The molecule has 54 heavy (non-hydrogen) atoms. The number of aromatic nitrogens is 8. The third kappa shape index (κ3) is 7.49. The summed E-state index contributed by atoms with van der Waals surface area (Å²) in [7, 11) is 0. The summed E-state index contributed by atoms with van der Waals surface area (Å²) in [6.07, 6.45) is 1.09. The number of aliphatic hydroxyl groups excluding tert-OH is 1. The highest BCUT2D eigenvalue weighted by Gasteiger charge is 2.23. The number of rotatable bonds is 16. The van der Waals surface area contributed by atoms with Crippen LogP contribution >= 0.6 is 0 Å².